The monoisotopic (exact) mass is 364 g/mol. The number of aromatic nitrogens is 2. The molecule has 2 heterocycles. The Morgan fingerprint density at radius 3 is 2.63 bits per heavy atom. The van der Waals surface area contributed by atoms with Crippen molar-refractivity contribution in [3.63, 3.8) is 0 Å². The van der Waals surface area contributed by atoms with Gasteiger partial charge in [0.05, 0.1) is 22.8 Å². The summed E-state index contributed by atoms with van der Waals surface area (Å²) in [5, 5.41) is 0. The van der Waals surface area contributed by atoms with E-state index in [2.05, 4.69) is 21.3 Å². The molecule has 0 unspecified atom stereocenters. The summed E-state index contributed by atoms with van der Waals surface area (Å²) in [6, 6.07) is 9.61. The third-order valence-electron chi connectivity index (χ3n) is 4.71. The van der Waals surface area contributed by atoms with Crippen LogP contribution in [0.4, 0.5) is 20.2 Å². The van der Waals surface area contributed by atoms with Crippen LogP contribution in [0.5, 0.6) is 0 Å². The molecule has 0 spiro atoms. The summed E-state index contributed by atoms with van der Waals surface area (Å²) < 4.78 is 29.4. The zero-order valence-electron chi connectivity index (χ0n) is 14.9. The Kier molecular flexibility index (Phi) is 4.39. The topological polar surface area (TPSA) is 42.5 Å². The lowest BCUT2D eigenvalue weighted by atomic mass is 10.0. The second-order valence-corrected chi connectivity index (χ2v) is 6.36. The molecule has 1 aliphatic rings. The molecule has 0 saturated carbocycles. The van der Waals surface area contributed by atoms with Crippen molar-refractivity contribution in [3.8, 4) is 22.5 Å². The first kappa shape index (κ1) is 17.3. The van der Waals surface area contributed by atoms with E-state index < -0.39 is 11.6 Å². The third-order valence-corrected chi connectivity index (χ3v) is 4.71. The maximum Gasteiger partial charge on any atom is 0.159 e. The molecule has 0 N–H and O–H groups in total. The van der Waals surface area contributed by atoms with Crippen molar-refractivity contribution < 1.29 is 8.78 Å². The Morgan fingerprint density at radius 2 is 1.89 bits per heavy atom. The van der Waals surface area contributed by atoms with Gasteiger partial charge in [0.2, 0.25) is 0 Å². The van der Waals surface area contributed by atoms with E-state index in [1.54, 1.807) is 12.3 Å². The number of hydrogen-bond acceptors (Lipinski definition) is 3. The number of imidazole rings is 1. The molecule has 4 nitrogen and oxygen atoms in total. The number of halogens is 2. The minimum Gasteiger partial charge on any atom is -0.327 e. The van der Waals surface area contributed by atoms with Crippen molar-refractivity contribution in [1.29, 1.82) is 0 Å². The van der Waals surface area contributed by atoms with Gasteiger partial charge in [0.1, 0.15) is 5.82 Å². The molecule has 6 heteroatoms. The molecule has 1 aromatic heterocycles. The number of benzene rings is 2. The van der Waals surface area contributed by atoms with Crippen LogP contribution in [0.25, 0.3) is 22.5 Å². The van der Waals surface area contributed by atoms with E-state index in [0.29, 0.717) is 22.6 Å². The Bertz CT molecular complexity index is 1070. The van der Waals surface area contributed by atoms with Crippen LogP contribution in [-0.2, 0) is 13.0 Å². The number of rotatable bonds is 4. The van der Waals surface area contributed by atoms with Gasteiger partial charge in [-0.25, -0.2) is 13.8 Å². The van der Waals surface area contributed by atoms with Crippen molar-refractivity contribution in [1.82, 2.24) is 9.55 Å². The van der Waals surface area contributed by atoms with Gasteiger partial charge < -0.3 is 4.57 Å². The fraction of sp³-hybridized carbons (Fsp3) is 0.190. The van der Waals surface area contributed by atoms with Crippen LogP contribution in [0.15, 0.2) is 46.4 Å². The maximum absolute atomic E-state index is 13.8. The van der Waals surface area contributed by atoms with Gasteiger partial charge in [0, 0.05) is 30.3 Å². The fourth-order valence-electron chi connectivity index (χ4n) is 3.51. The van der Waals surface area contributed by atoms with Crippen LogP contribution < -0.4 is 0 Å². The highest BCUT2D eigenvalue weighted by Gasteiger charge is 2.24. The third kappa shape index (κ3) is 2.97. The van der Waals surface area contributed by atoms with Crippen molar-refractivity contribution in [3.05, 3.63) is 53.9 Å². The maximum atomic E-state index is 13.8. The van der Waals surface area contributed by atoms with Crippen molar-refractivity contribution in [2.75, 3.05) is 0 Å². The Labute approximate surface area is 155 Å². The van der Waals surface area contributed by atoms with Gasteiger partial charge >= 0.3 is 0 Å². The molecule has 0 amide bonds. The van der Waals surface area contributed by atoms with Gasteiger partial charge in [-0.1, -0.05) is 6.07 Å². The SMILES string of the molecule is C=Nc1ccc(-c2c(-c3ccc(F)c(F)c3)nc3n2CCC3)cc1N=CC. The molecule has 0 bridgehead atoms. The molecule has 0 fully saturated rings. The predicted octanol–water partition coefficient (Wildman–Crippen LogP) is 5.50. The Hall–Kier alpha value is -3.15. The second kappa shape index (κ2) is 6.87. The summed E-state index contributed by atoms with van der Waals surface area (Å²) in [6.07, 6.45) is 3.58. The molecule has 0 radical (unpaired) electrons. The molecule has 0 aliphatic carbocycles. The first-order valence-electron chi connectivity index (χ1n) is 8.77. The molecule has 0 atom stereocenters. The molecule has 136 valence electrons. The van der Waals surface area contributed by atoms with Crippen LogP contribution in [0, 0.1) is 11.6 Å². The summed E-state index contributed by atoms with van der Waals surface area (Å²) in [6.45, 7) is 6.27. The fourth-order valence-corrected chi connectivity index (χ4v) is 3.51. The molecule has 2 aromatic carbocycles. The number of aliphatic imine (C=N–C) groups is 2. The summed E-state index contributed by atoms with van der Waals surface area (Å²) in [7, 11) is 0. The van der Waals surface area contributed by atoms with Gasteiger partial charge in [-0.05, 0) is 50.4 Å². The van der Waals surface area contributed by atoms with Gasteiger partial charge in [0.15, 0.2) is 11.6 Å². The summed E-state index contributed by atoms with van der Waals surface area (Å²) in [5.41, 5.74) is 4.38. The zero-order chi connectivity index (χ0) is 19.0. The second-order valence-electron chi connectivity index (χ2n) is 6.36. The highest BCUT2D eigenvalue weighted by Crippen LogP contribution is 2.39. The average Bonchev–Trinajstić information content (AvgIpc) is 3.25. The average molecular weight is 364 g/mol. The molecular formula is C21H18F2N4. The van der Waals surface area contributed by atoms with Crippen molar-refractivity contribution >= 4 is 24.3 Å². The molecule has 4 rings (SSSR count). The van der Waals surface area contributed by atoms with Crippen LogP contribution in [0.2, 0.25) is 0 Å². The lowest BCUT2D eigenvalue weighted by molar-refractivity contribution is 0.509. The zero-order valence-corrected chi connectivity index (χ0v) is 14.9. The molecule has 27 heavy (non-hydrogen) atoms. The predicted molar refractivity (Wildman–Crippen MR) is 104 cm³/mol. The summed E-state index contributed by atoms with van der Waals surface area (Å²) >= 11 is 0. The van der Waals surface area contributed by atoms with E-state index >= 15 is 0 Å². The molecule has 1 aliphatic heterocycles. The highest BCUT2D eigenvalue weighted by atomic mass is 19.2. The minimum absolute atomic E-state index is 0.553. The van der Waals surface area contributed by atoms with Gasteiger partial charge in [-0.15, -0.1) is 0 Å². The van der Waals surface area contributed by atoms with Gasteiger partial charge in [-0.2, -0.15) is 0 Å². The Morgan fingerprint density at radius 1 is 1.07 bits per heavy atom. The largest absolute Gasteiger partial charge is 0.327 e. The van der Waals surface area contributed by atoms with E-state index in [4.69, 9.17) is 4.98 Å². The van der Waals surface area contributed by atoms with Crippen LogP contribution >= 0.6 is 0 Å². The summed E-state index contributed by atoms with van der Waals surface area (Å²) in [5.74, 6) is -0.793. The minimum atomic E-state index is -0.880. The van der Waals surface area contributed by atoms with Crippen molar-refractivity contribution in [2.24, 2.45) is 9.98 Å². The highest BCUT2D eigenvalue weighted by molar-refractivity contribution is 5.83. The normalized spacial score (nSPS) is 13.3. The molecular weight excluding hydrogens is 346 g/mol. The van der Waals surface area contributed by atoms with E-state index in [1.165, 1.54) is 6.07 Å². The quantitative estimate of drug-likeness (QED) is 0.564. The van der Waals surface area contributed by atoms with E-state index in [9.17, 15) is 8.78 Å². The van der Waals surface area contributed by atoms with Crippen LogP contribution in [0.1, 0.15) is 19.2 Å². The first-order chi connectivity index (χ1) is 13.1. The molecule has 3 aromatic rings. The van der Waals surface area contributed by atoms with Gasteiger partial charge in [-0.3, -0.25) is 9.98 Å². The van der Waals surface area contributed by atoms with E-state index in [0.717, 1.165) is 42.5 Å². The van der Waals surface area contributed by atoms with Crippen LogP contribution in [-0.4, -0.2) is 22.5 Å². The standard InChI is InChI=1S/C21H18F2N4/c1-3-25-18-12-14(7-9-17(18)24-2)21-20(26-19-5-4-10-27(19)21)13-6-8-15(22)16(23)11-13/h3,6-9,11-12H,2,4-5,10H2,1H3. The lowest BCUT2D eigenvalue weighted by Gasteiger charge is -2.11. The number of fused-ring (bicyclic) bond motifs is 1. The smallest absolute Gasteiger partial charge is 0.159 e. The van der Waals surface area contributed by atoms with Crippen molar-refractivity contribution in [2.45, 2.75) is 26.3 Å². The van der Waals surface area contributed by atoms with E-state index in [1.807, 2.05) is 25.1 Å². The van der Waals surface area contributed by atoms with E-state index in [-0.39, 0.29) is 0 Å². The number of nitrogens with zero attached hydrogens (tertiary/aromatic N) is 4. The molecule has 0 saturated heterocycles. The first-order valence-corrected chi connectivity index (χ1v) is 8.77. The number of hydrogen-bond donors (Lipinski definition) is 0. The number of aryl methyl sites for hydroxylation is 1. The van der Waals surface area contributed by atoms with Gasteiger partial charge in [0.25, 0.3) is 0 Å². The Balaban J connectivity index is 1.94. The lowest BCUT2D eigenvalue weighted by Crippen LogP contribution is -1.96. The summed E-state index contributed by atoms with van der Waals surface area (Å²) in [4.78, 5) is 13.1. The van der Waals surface area contributed by atoms with Crippen LogP contribution in [0.3, 0.4) is 0 Å².